The summed E-state index contributed by atoms with van der Waals surface area (Å²) in [6, 6.07) is 14.4. The van der Waals surface area contributed by atoms with E-state index < -0.39 is 22.0 Å². The molecular weight excluding hydrogens is 570 g/mol. The monoisotopic (exact) mass is 605 g/mol. The summed E-state index contributed by atoms with van der Waals surface area (Å²) in [5.74, 6) is -0.384. The number of rotatable bonds is 13. The van der Waals surface area contributed by atoms with E-state index in [-0.39, 0.29) is 30.8 Å². The van der Waals surface area contributed by atoms with Crippen LogP contribution < -0.4 is 4.74 Å². The number of carbonyl (C=O) groups excluding carboxylic acids is 2. The number of halogens is 1. The lowest BCUT2D eigenvalue weighted by Gasteiger charge is -2.35. The molecular formula is C30H36ClNO8S. The lowest BCUT2D eigenvalue weighted by Crippen LogP contribution is -2.42. The predicted molar refractivity (Wildman–Crippen MR) is 154 cm³/mol. The largest absolute Gasteiger partial charge is 0.494 e. The second kappa shape index (κ2) is 14.3. The van der Waals surface area contributed by atoms with Gasteiger partial charge in [0.2, 0.25) is 5.91 Å². The molecule has 0 radical (unpaired) electrons. The molecule has 0 aliphatic carbocycles. The van der Waals surface area contributed by atoms with Gasteiger partial charge >= 0.3 is 5.97 Å². The Morgan fingerprint density at radius 3 is 2.49 bits per heavy atom. The first-order valence-corrected chi connectivity index (χ1v) is 15.7. The van der Waals surface area contributed by atoms with Crippen molar-refractivity contribution in [3.8, 4) is 5.75 Å². The van der Waals surface area contributed by atoms with Gasteiger partial charge < -0.3 is 19.1 Å². The quantitative estimate of drug-likeness (QED) is 0.179. The third-order valence-electron chi connectivity index (χ3n) is 7.33. The number of benzene rings is 2. The van der Waals surface area contributed by atoms with Gasteiger partial charge in [-0.05, 0) is 68.0 Å². The van der Waals surface area contributed by atoms with E-state index in [1.807, 2.05) is 24.3 Å². The van der Waals surface area contributed by atoms with Crippen molar-refractivity contribution in [2.24, 2.45) is 0 Å². The van der Waals surface area contributed by atoms with E-state index in [1.54, 1.807) is 36.1 Å². The van der Waals surface area contributed by atoms with Crippen molar-refractivity contribution >= 4 is 33.6 Å². The van der Waals surface area contributed by atoms with Crippen molar-refractivity contribution in [3.63, 3.8) is 0 Å². The summed E-state index contributed by atoms with van der Waals surface area (Å²) in [5, 5.41) is 0.576. The molecule has 11 heteroatoms. The minimum atomic E-state index is -3.46. The van der Waals surface area contributed by atoms with Gasteiger partial charge in [0.05, 0.1) is 37.7 Å². The van der Waals surface area contributed by atoms with Gasteiger partial charge in [-0.3, -0.25) is 8.98 Å². The lowest BCUT2D eigenvalue weighted by atomic mass is 9.83. The second-order valence-corrected chi connectivity index (χ2v) is 12.4. The summed E-state index contributed by atoms with van der Waals surface area (Å²) in [5.41, 5.74) is 2.65. The van der Waals surface area contributed by atoms with Crippen molar-refractivity contribution in [2.45, 2.75) is 57.7 Å². The molecule has 41 heavy (non-hydrogen) atoms. The standard InChI is InChI=1S/C30H36ClNO8S/c1-21-29(27(23-9-11-24(31)12-10-23)18-28(33)32(21)19-26-6-5-16-39-26)30(34)40-20-22-7-13-25(14-8-22)38-15-3-4-17-41(35,36)37-2/h7-14,26-27H,3-6,15-20H2,1-2H3. The lowest BCUT2D eigenvalue weighted by molar-refractivity contribution is -0.141. The summed E-state index contributed by atoms with van der Waals surface area (Å²) >= 11 is 6.09. The highest BCUT2D eigenvalue weighted by Gasteiger charge is 2.38. The van der Waals surface area contributed by atoms with Crippen LogP contribution in [0.1, 0.15) is 56.1 Å². The zero-order valence-electron chi connectivity index (χ0n) is 23.3. The van der Waals surface area contributed by atoms with Crippen molar-refractivity contribution in [2.75, 3.05) is 32.6 Å². The molecule has 0 spiro atoms. The summed E-state index contributed by atoms with van der Waals surface area (Å²) < 4.78 is 44.4. The molecule has 2 aromatic carbocycles. The van der Waals surface area contributed by atoms with Crippen LogP contribution in [0.2, 0.25) is 5.02 Å². The number of carbonyl (C=O) groups is 2. The van der Waals surface area contributed by atoms with Crippen LogP contribution in [0.25, 0.3) is 0 Å². The Hall–Kier alpha value is -2.92. The number of amides is 1. The van der Waals surface area contributed by atoms with Crippen molar-refractivity contribution in [1.82, 2.24) is 4.90 Å². The summed E-state index contributed by atoms with van der Waals surface area (Å²) in [4.78, 5) is 28.4. The van der Waals surface area contributed by atoms with Crippen LogP contribution in [0, 0.1) is 0 Å². The Morgan fingerprint density at radius 1 is 1.10 bits per heavy atom. The molecule has 0 bridgehead atoms. The van der Waals surface area contributed by atoms with E-state index in [0.717, 1.165) is 31.1 Å². The fourth-order valence-electron chi connectivity index (χ4n) is 5.03. The molecule has 2 aliphatic heterocycles. The zero-order valence-corrected chi connectivity index (χ0v) is 24.9. The van der Waals surface area contributed by atoms with Crippen LogP contribution in [-0.4, -0.2) is 63.9 Å². The number of hydrogen-bond acceptors (Lipinski definition) is 8. The number of nitrogens with zero attached hydrogens (tertiary/aromatic N) is 1. The SMILES string of the molecule is COS(=O)(=O)CCCCOc1ccc(COC(=O)C2=C(C)N(CC3CCCO3)C(=O)CC2c2ccc(Cl)cc2)cc1. The van der Waals surface area contributed by atoms with E-state index in [9.17, 15) is 18.0 Å². The van der Waals surface area contributed by atoms with Crippen LogP contribution in [-0.2, 0) is 40.0 Å². The molecule has 1 fully saturated rings. The summed E-state index contributed by atoms with van der Waals surface area (Å²) in [7, 11) is -2.31. The van der Waals surface area contributed by atoms with Crippen LogP contribution in [0.5, 0.6) is 5.75 Å². The maximum atomic E-state index is 13.5. The molecule has 0 N–H and O–H groups in total. The number of ether oxygens (including phenoxy) is 3. The molecule has 2 aliphatic rings. The van der Waals surface area contributed by atoms with Crippen LogP contribution in [0.15, 0.2) is 59.8 Å². The van der Waals surface area contributed by atoms with Crippen LogP contribution >= 0.6 is 11.6 Å². The Kier molecular flexibility index (Phi) is 10.8. The van der Waals surface area contributed by atoms with Gasteiger partial charge in [-0.2, -0.15) is 8.42 Å². The Balaban J connectivity index is 1.40. The highest BCUT2D eigenvalue weighted by atomic mass is 35.5. The minimum absolute atomic E-state index is 0.0441. The maximum absolute atomic E-state index is 13.5. The molecule has 2 atom stereocenters. The van der Waals surface area contributed by atoms with Crippen molar-refractivity contribution in [3.05, 3.63) is 76.0 Å². The molecule has 2 aromatic rings. The number of hydrogen-bond donors (Lipinski definition) is 0. The first-order chi connectivity index (χ1) is 19.7. The third-order valence-corrected chi connectivity index (χ3v) is 8.88. The van der Waals surface area contributed by atoms with Gasteiger partial charge in [-0.1, -0.05) is 35.9 Å². The Bertz CT molecular complexity index is 1340. The van der Waals surface area contributed by atoms with E-state index in [4.69, 9.17) is 25.8 Å². The average Bonchev–Trinajstić information content (AvgIpc) is 3.48. The molecule has 2 heterocycles. The summed E-state index contributed by atoms with van der Waals surface area (Å²) in [6.45, 7) is 3.31. The molecule has 1 saturated heterocycles. The molecule has 0 saturated carbocycles. The molecule has 2 unspecified atom stereocenters. The Morgan fingerprint density at radius 2 is 1.83 bits per heavy atom. The fourth-order valence-corrected chi connectivity index (χ4v) is 5.88. The second-order valence-electron chi connectivity index (χ2n) is 10.2. The molecule has 222 valence electrons. The van der Waals surface area contributed by atoms with Gasteiger partial charge in [0, 0.05) is 29.7 Å². The highest BCUT2D eigenvalue weighted by Crippen LogP contribution is 2.38. The van der Waals surface area contributed by atoms with Gasteiger partial charge in [-0.25, -0.2) is 4.79 Å². The maximum Gasteiger partial charge on any atom is 0.336 e. The zero-order chi connectivity index (χ0) is 29.4. The van der Waals surface area contributed by atoms with E-state index in [1.165, 1.54) is 0 Å². The molecule has 4 rings (SSSR count). The highest BCUT2D eigenvalue weighted by molar-refractivity contribution is 7.86. The molecule has 0 aromatic heterocycles. The smallest absolute Gasteiger partial charge is 0.336 e. The number of allylic oxidation sites excluding steroid dienone is 1. The average molecular weight is 606 g/mol. The number of unbranched alkanes of at least 4 members (excludes halogenated alkanes) is 1. The van der Waals surface area contributed by atoms with E-state index in [2.05, 4.69) is 4.18 Å². The predicted octanol–water partition coefficient (Wildman–Crippen LogP) is 4.99. The van der Waals surface area contributed by atoms with Gasteiger partial charge in [-0.15, -0.1) is 0 Å². The number of esters is 1. The normalized spacial score (nSPS) is 19.5. The van der Waals surface area contributed by atoms with Crippen molar-refractivity contribution < 1.29 is 36.4 Å². The van der Waals surface area contributed by atoms with E-state index in [0.29, 0.717) is 54.6 Å². The van der Waals surface area contributed by atoms with Gasteiger partial charge in [0.25, 0.3) is 10.1 Å². The molecule has 9 nitrogen and oxygen atoms in total. The first-order valence-electron chi connectivity index (χ1n) is 13.7. The minimum Gasteiger partial charge on any atom is -0.494 e. The van der Waals surface area contributed by atoms with Crippen LogP contribution in [0.4, 0.5) is 0 Å². The molecule has 1 amide bonds. The topological polar surface area (TPSA) is 108 Å². The third kappa shape index (κ3) is 8.54. The first kappa shape index (κ1) is 31.0. The van der Waals surface area contributed by atoms with Crippen LogP contribution in [0.3, 0.4) is 0 Å². The fraction of sp³-hybridized carbons (Fsp3) is 0.467. The van der Waals surface area contributed by atoms with Crippen molar-refractivity contribution in [1.29, 1.82) is 0 Å². The van der Waals surface area contributed by atoms with Gasteiger partial charge in [0.1, 0.15) is 12.4 Å². The Labute approximate surface area is 246 Å². The van der Waals surface area contributed by atoms with E-state index >= 15 is 0 Å². The summed E-state index contributed by atoms with van der Waals surface area (Å²) in [6.07, 6.45) is 2.95. The van der Waals surface area contributed by atoms with Gasteiger partial charge in [0.15, 0.2) is 0 Å².